The van der Waals surface area contributed by atoms with Crippen LogP contribution < -0.4 is 5.32 Å². The van der Waals surface area contributed by atoms with Crippen LogP contribution in [0.4, 0.5) is 0 Å². The maximum Gasteiger partial charge on any atom is 0.0584 e. The molecule has 0 saturated carbocycles. The van der Waals surface area contributed by atoms with E-state index in [-0.39, 0.29) is 12.6 Å². The highest BCUT2D eigenvalue weighted by atomic mass is 16.5. The van der Waals surface area contributed by atoms with Gasteiger partial charge in [0.25, 0.3) is 0 Å². The number of aliphatic hydroxyl groups excluding tert-OH is 1. The van der Waals surface area contributed by atoms with Gasteiger partial charge in [0.2, 0.25) is 0 Å². The van der Waals surface area contributed by atoms with Gasteiger partial charge < -0.3 is 15.2 Å². The Morgan fingerprint density at radius 3 is 2.62 bits per heavy atom. The van der Waals surface area contributed by atoms with Crippen LogP contribution in [0.3, 0.4) is 0 Å². The third-order valence-corrected chi connectivity index (χ3v) is 3.40. The Bertz CT molecular complexity index is 179. The molecule has 0 amide bonds. The molecule has 1 aliphatic heterocycles. The largest absolute Gasteiger partial charge is 0.395 e. The number of hydrogen-bond donors (Lipinski definition) is 2. The molecule has 0 aliphatic carbocycles. The first-order valence-electron chi connectivity index (χ1n) is 6.62. The average molecular weight is 229 g/mol. The zero-order valence-corrected chi connectivity index (χ0v) is 10.9. The van der Waals surface area contributed by atoms with Crippen molar-refractivity contribution in [2.24, 2.45) is 11.8 Å². The van der Waals surface area contributed by atoms with Crippen molar-refractivity contribution >= 4 is 0 Å². The van der Waals surface area contributed by atoms with Crippen LogP contribution in [-0.2, 0) is 4.74 Å². The molecule has 3 unspecified atom stereocenters. The molecule has 1 heterocycles. The van der Waals surface area contributed by atoms with Gasteiger partial charge in [0.05, 0.1) is 13.2 Å². The minimum Gasteiger partial charge on any atom is -0.395 e. The molecule has 0 aromatic carbocycles. The topological polar surface area (TPSA) is 41.5 Å². The Kier molecular flexibility index (Phi) is 6.32. The van der Waals surface area contributed by atoms with Crippen molar-refractivity contribution in [1.82, 2.24) is 5.32 Å². The smallest absolute Gasteiger partial charge is 0.0584 e. The zero-order valence-electron chi connectivity index (χ0n) is 10.9. The third-order valence-electron chi connectivity index (χ3n) is 3.40. The maximum atomic E-state index is 9.37. The highest BCUT2D eigenvalue weighted by Gasteiger charge is 2.26. The number of ether oxygens (including phenoxy) is 1. The van der Waals surface area contributed by atoms with Crippen molar-refractivity contribution in [3.8, 4) is 0 Å². The molecule has 1 fully saturated rings. The van der Waals surface area contributed by atoms with E-state index in [9.17, 15) is 5.11 Å². The summed E-state index contributed by atoms with van der Waals surface area (Å²) in [7, 11) is 0. The van der Waals surface area contributed by atoms with Gasteiger partial charge in [-0.15, -0.1) is 0 Å². The molecule has 1 saturated heterocycles. The molecule has 3 nitrogen and oxygen atoms in total. The normalized spacial score (nSPS) is 24.9. The minimum atomic E-state index is 0.238. The van der Waals surface area contributed by atoms with Crippen LogP contribution >= 0.6 is 0 Å². The first kappa shape index (κ1) is 13.9. The first-order chi connectivity index (χ1) is 7.67. The lowest BCUT2D eigenvalue weighted by atomic mass is 9.94. The van der Waals surface area contributed by atoms with E-state index >= 15 is 0 Å². The van der Waals surface area contributed by atoms with Crippen LogP contribution in [0.15, 0.2) is 0 Å². The first-order valence-corrected chi connectivity index (χ1v) is 6.62. The molecule has 1 aliphatic rings. The lowest BCUT2D eigenvalue weighted by molar-refractivity contribution is 0.161. The van der Waals surface area contributed by atoms with Gasteiger partial charge in [0.15, 0.2) is 0 Å². The Hall–Kier alpha value is -0.120. The molecule has 0 spiro atoms. The molecule has 3 atom stereocenters. The van der Waals surface area contributed by atoms with E-state index in [2.05, 4.69) is 26.1 Å². The second-order valence-corrected chi connectivity index (χ2v) is 5.31. The summed E-state index contributed by atoms with van der Waals surface area (Å²) in [4.78, 5) is 0. The summed E-state index contributed by atoms with van der Waals surface area (Å²) in [6.45, 7) is 8.62. The number of hydrogen-bond acceptors (Lipinski definition) is 3. The highest BCUT2D eigenvalue weighted by molar-refractivity contribution is 4.82. The van der Waals surface area contributed by atoms with Gasteiger partial charge in [0, 0.05) is 18.7 Å². The van der Waals surface area contributed by atoms with Crippen LogP contribution in [0.5, 0.6) is 0 Å². The molecule has 16 heavy (non-hydrogen) atoms. The molecule has 3 heteroatoms. The second kappa shape index (κ2) is 7.25. The third kappa shape index (κ3) is 4.40. The summed E-state index contributed by atoms with van der Waals surface area (Å²) in [5, 5.41) is 13.0. The fraction of sp³-hybridized carbons (Fsp3) is 1.00. The lowest BCUT2D eigenvalue weighted by Gasteiger charge is -2.28. The average Bonchev–Trinajstić information content (AvgIpc) is 2.76. The van der Waals surface area contributed by atoms with E-state index in [0.717, 1.165) is 32.5 Å². The molecular weight excluding hydrogens is 202 g/mol. The summed E-state index contributed by atoms with van der Waals surface area (Å²) in [5.74, 6) is 1.26. The molecular formula is C13H27NO2. The number of nitrogens with one attached hydrogen (secondary N) is 1. The lowest BCUT2D eigenvalue weighted by Crippen LogP contribution is -2.45. The quantitative estimate of drug-likeness (QED) is 0.699. The van der Waals surface area contributed by atoms with Gasteiger partial charge in [-0.3, -0.25) is 0 Å². The molecule has 0 radical (unpaired) electrons. The number of aliphatic hydroxyl groups is 1. The van der Waals surface area contributed by atoms with E-state index in [0.29, 0.717) is 17.9 Å². The molecule has 0 aromatic rings. The summed E-state index contributed by atoms with van der Waals surface area (Å²) < 4.78 is 5.43. The monoisotopic (exact) mass is 229 g/mol. The van der Waals surface area contributed by atoms with Crippen molar-refractivity contribution in [3.05, 3.63) is 0 Å². The summed E-state index contributed by atoms with van der Waals surface area (Å²) in [6.07, 6.45) is 3.31. The molecule has 0 bridgehead atoms. The zero-order chi connectivity index (χ0) is 12.0. The van der Waals surface area contributed by atoms with Gasteiger partial charge in [-0.1, -0.05) is 20.8 Å². The van der Waals surface area contributed by atoms with Crippen LogP contribution in [0.25, 0.3) is 0 Å². The van der Waals surface area contributed by atoms with E-state index in [4.69, 9.17) is 4.74 Å². The summed E-state index contributed by atoms with van der Waals surface area (Å²) >= 11 is 0. The van der Waals surface area contributed by atoms with Crippen molar-refractivity contribution < 1.29 is 9.84 Å². The Morgan fingerprint density at radius 1 is 1.44 bits per heavy atom. The van der Waals surface area contributed by atoms with Gasteiger partial charge in [0.1, 0.15) is 0 Å². The fourth-order valence-electron chi connectivity index (χ4n) is 2.52. The Labute approximate surface area is 99.6 Å². The van der Waals surface area contributed by atoms with Crippen molar-refractivity contribution in [1.29, 1.82) is 0 Å². The predicted molar refractivity (Wildman–Crippen MR) is 66.5 cm³/mol. The van der Waals surface area contributed by atoms with Gasteiger partial charge in [-0.05, 0) is 31.1 Å². The Balaban J connectivity index is 2.39. The van der Waals surface area contributed by atoms with E-state index < -0.39 is 0 Å². The van der Waals surface area contributed by atoms with Crippen LogP contribution in [0.2, 0.25) is 0 Å². The number of rotatable bonds is 7. The van der Waals surface area contributed by atoms with E-state index in [1.54, 1.807) is 0 Å². The molecule has 1 rings (SSSR count). The molecule has 0 aromatic heterocycles. The standard InChI is InChI=1S/C13H27NO2/c1-4-13(11-5-6-16-9-11)14-12(8-15)7-10(2)3/h10-15H,4-9H2,1-3H3. The molecule has 96 valence electrons. The van der Waals surface area contributed by atoms with Crippen LogP contribution in [-0.4, -0.2) is 37.0 Å². The maximum absolute atomic E-state index is 9.37. The van der Waals surface area contributed by atoms with E-state index in [1.807, 2.05) is 0 Å². The highest BCUT2D eigenvalue weighted by Crippen LogP contribution is 2.20. The van der Waals surface area contributed by atoms with Gasteiger partial charge in [-0.25, -0.2) is 0 Å². The SMILES string of the molecule is CCC(NC(CO)CC(C)C)C1CCOC1. The van der Waals surface area contributed by atoms with Gasteiger partial charge >= 0.3 is 0 Å². The van der Waals surface area contributed by atoms with Crippen molar-refractivity contribution in [2.45, 2.75) is 52.1 Å². The molecule has 2 N–H and O–H groups in total. The van der Waals surface area contributed by atoms with E-state index in [1.165, 1.54) is 0 Å². The van der Waals surface area contributed by atoms with Crippen LogP contribution in [0.1, 0.15) is 40.0 Å². The van der Waals surface area contributed by atoms with Crippen molar-refractivity contribution in [2.75, 3.05) is 19.8 Å². The van der Waals surface area contributed by atoms with Crippen LogP contribution in [0, 0.1) is 11.8 Å². The van der Waals surface area contributed by atoms with Crippen molar-refractivity contribution in [3.63, 3.8) is 0 Å². The summed E-state index contributed by atoms with van der Waals surface area (Å²) in [5.41, 5.74) is 0. The minimum absolute atomic E-state index is 0.238. The predicted octanol–water partition coefficient (Wildman–Crippen LogP) is 1.80. The Morgan fingerprint density at radius 2 is 2.19 bits per heavy atom. The second-order valence-electron chi connectivity index (χ2n) is 5.31. The fourth-order valence-corrected chi connectivity index (χ4v) is 2.52. The summed E-state index contributed by atoms with van der Waals surface area (Å²) in [6, 6.07) is 0.740. The van der Waals surface area contributed by atoms with Gasteiger partial charge in [-0.2, -0.15) is 0 Å².